The summed E-state index contributed by atoms with van der Waals surface area (Å²) in [5.41, 5.74) is 0. The van der Waals surface area contributed by atoms with Crippen LogP contribution in [0.3, 0.4) is 0 Å². The first-order chi connectivity index (χ1) is 7.79. The van der Waals surface area contributed by atoms with E-state index in [1.807, 2.05) is 4.72 Å². The van der Waals surface area contributed by atoms with Crippen LogP contribution in [0.15, 0.2) is 0 Å². The van der Waals surface area contributed by atoms with Crippen molar-refractivity contribution < 1.29 is 17.9 Å². The number of hydrogen-bond acceptors (Lipinski definition) is 5. The highest BCUT2D eigenvalue weighted by atomic mass is 32.2. The molecular weight excluding hydrogens is 246 g/mol. The molecule has 0 rings (SSSR count). The molecule has 8 heteroatoms. The highest BCUT2D eigenvalue weighted by Gasteiger charge is 2.21. The Kier molecular flexibility index (Phi) is 7.09. The largest absolute Gasteiger partial charge is 0.446 e. The van der Waals surface area contributed by atoms with Crippen LogP contribution in [0.4, 0.5) is 4.79 Å². The normalized spacial score (nSPS) is 11.9. The van der Waals surface area contributed by atoms with E-state index in [2.05, 4.69) is 5.32 Å². The lowest BCUT2D eigenvalue weighted by Crippen LogP contribution is -2.43. The zero-order chi connectivity index (χ0) is 13.5. The molecule has 0 radical (unpaired) electrons. The number of ether oxygens (including phenoxy) is 1. The van der Waals surface area contributed by atoms with Crippen molar-refractivity contribution in [1.82, 2.24) is 14.3 Å². The number of carbonyl (C=O) groups is 1. The highest BCUT2D eigenvalue weighted by molar-refractivity contribution is 7.87. The first kappa shape index (κ1) is 16.1. The second-order valence-electron chi connectivity index (χ2n) is 3.84. The maximum Gasteiger partial charge on any atom is 0.422 e. The Bertz CT molecular complexity index is 329. The zero-order valence-electron chi connectivity index (χ0n) is 10.7. The van der Waals surface area contributed by atoms with Gasteiger partial charge in [0.25, 0.3) is 0 Å². The molecule has 0 fully saturated rings. The van der Waals surface area contributed by atoms with E-state index in [0.29, 0.717) is 19.5 Å². The van der Waals surface area contributed by atoms with E-state index in [4.69, 9.17) is 4.74 Å². The molecular formula is C9H21N3O4S. The summed E-state index contributed by atoms with van der Waals surface area (Å²) in [7, 11) is -0.617. The number of carbonyl (C=O) groups excluding carboxylic acids is 1. The summed E-state index contributed by atoms with van der Waals surface area (Å²) >= 11 is 0. The molecule has 0 bridgehead atoms. The standard InChI is InChI=1S/C9H21N3O4S/c1-8(2)16-9(13)11-17(14,15)12(4)7-5-6-10-3/h8,10H,5-7H2,1-4H3,(H,11,13). The molecule has 0 atom stereocenters. The van der Waals surface area contributed by atoms with Gasteiger partial charge in [0.1, 0.15) is 0 Å². The number of hydrogen-bond donors (Lipinski definition) is 2. The van der Waals surface area contributed by atoms with Gasteiger partial charge in [0.2, 0.25) is 0 Å². The quantitative estimate of drug-likeness (QED) is 0.629. The average molecular weight is 267 g/mol. The number of amides is 1. The molecule has 2 N–H and O–H groups in total. The molecule has 1 amide bonds. The summed E-state index contributed by atoms with van der Waals surface area (Å²) < 4.78 is 30.8. The van der Waals surface area contributed by atoms with E-state index in [0.717, 1.165) is 4.31 Å². The molecule has 0 aliphatic carbocycles. The molecule has 0 aliphatic rings. The third-order valence-corrected chi connectivity index (χ3v) is 3.29. The molecule has 0 saturated carbocycles. The maximum absolute atomic E-state index is 11.6. The third-order valence-electron chi connectivity index (χ3n) is 1.87. The van der Waals surface area contributed by atoms with Gasteiger partial charge in [-0.2, -0.15) is 12.7 Å². The average Bonchev–Trinajstić information content (AvgIpc) is 2.15. The van der Waals surface area contributed by atoms with Crippen LogP contribution < -0.4 is 10.0 Å². The monoisotopic (exact) mass is 267 g/mol. The lowest BCUT2D eigenvalue weighted by Gasteiger charge is -2.17. The second-order valence-corrected chi connectivity index (χ2v) is 5.62. The lowest BCUT2D eigenvalue weighted by atomic mass is 10.4. The van der Waals surface area contributed by atoms with Gasteiger partial charge in [-0.1, -0.05) is 0 Å². The fraction of sp³-hybridized carbons (Fsp3) is 0.889. The van der Waals surface area contributed by atoms with E-state index < -0.39 is 16.3 Å². The summed E-state index contributed by atoms with van der Waals surface area (Å²) in [5, 5.41) is 2.91. The third kappa shape index (κ3) is 7.14. The van der Waals surface area contributed by atoms with Gasteiger partial charge in [0.05, 0.1) is 6.10 Å². The van der Waals surface area contributed by atoms with Gasteiger partial charge in [0, 0.05) is 13.6 Å². The number of rotatable bonds is 7. The molecule has 17 heavy (non-hydrogen) atoms. The Morgan fingerprint density at radius 2 is 2.00 bits per heavy atom. The zero-order valence-corrected chi connectivity index (χ0v) is 11.5. The number of nitrogens with one attached hydrogen (secondary N) is 2. The molecule has 0 aromatic rings. The fourth-order valence-electron chi connectivity index (χ4n) is 1.02. The SMILES string of the molecule is CNCCCN(C)S(=O)(=O)NC(=O)OC(C)C. The Hall–Kier alpha value is -0.860. The summed E-state index contributed by atoms with van der Waals surface area (Å²) in [6, 6.07) is 0. The van der Waals surface area contributed by atoms with Crippen molar-refractivity contribution in [3.8, 4) is 0 Å². The van der Waals surface area contributed by atoms with E-state index >= 15 is 0 Å². The minimum absolute atomic E-state index is 0.325. The van der Waals surface area contributed by atoms with Crippen molar-refractivity contribution in [3.05, 3.63) is 0 Å². The summed E-state index contributed by atoms with van der Waals surface area (Å²) in [5.74, 6) is 0. The first-order valence-electron chi connectivity index (χ1n) is 5.39. The molecule has 0 aliphatic heterocycles. The van der Waals surface area contributed by atoms with E-state index in [-0.39, 0.29) is 6.10 Å². The van der Waals surface area contributed by atoms with Gasteiger partial charge in [-0.05, 0) is 33.9 Å². The molecule has 0 spiro atoms. The van der Waals surface area contributed by atoms with Crippen molar-refractivity contribution in [3.63, 3.8) is 0 Å². The minimum Gasteiger partial charge on any atom is -0.446 e. The van der Waals surface area contributed by atoms with Crippen molar-refractivity contribution >= 4 is 16.3 Å². The Morgan fingerprint density at radius 1 is 1.41 bits per heavy atom. The van der Waals surface area contributed by atoms with Crippen molar-refractivity contribution in [2.24, 2.45) is 0 Å². The molecule has 0 aromatic heterocycles. The molecule has 7 nitrogen and oxygen atoms in total. The molecule has 0 saturated heterocycles. The van der Waals surface area contributed by atoms with Crippen LogP contribution in [0.5, 0.6) is 0 Å². The smallest absolute Gasteiger partial charge is 0.422 e. The molecule has 0 unspecified atom stereocenters. The van der Waals surface area contributed by atoms with Gasteiger partial charge in [-0.15, -0.1) is 0 Å². The van der Waals surface area contributed by atoms with Crippen molar-refractivity contribution in [2.45, 2.75) is 26.4 Å². The predicted molar refractivity (Wildman–Crippen MR) is 64.8 cm³/mol. The van der Waals surface area contributed by atoms with Crippen LogP contribution in [-0.4, -0.2) is 52.1 Å². The Morgan fingerprint density at radius 3 is 2.47 bits per heavy atom. The second kappa shape index (κ2) is 7.46. The first-order valence-corrected chi connectivity index (χ1v) is 6.83. The highest BCUT2D eigenvalue weighted by Crippen LogP contribution is 1.97. The number of nitrogens with zero attached hydrogens (tertiary/aromatic N) is 1. The van der Waals surface area contributed by atoms with Gasteiger partial charge in [-0.25, -0.2) is 9.52 Å². The Balaban J connectivity index is 4.22. The van der Waals surface area contributed by atoms with Crippen LogP contribution in [0.25, 0.3) is 0 Å². The van der Waals surface area contributed by atoms with Gasteiger partial charge in [0.15, 0.2) is 0 Å². The van der Waals surface area contributed by atoms with E-state index in [1.165, 1.54) is 7.05 Å². The molecule has 0 aromatic carbocycles. The van der Waals surface area contributed by atoms with Gasteiger partial charge >= 0.3 is 16.3 Å². The molecule has 0 heterocycles. The van der Waals surface area contributed by atoms with Crippen molar-refractivity contribution in [1.29, 1.82) is 0 Å². The minimum atomic E-state index is -3.80. The van der Waals surface area contributed by atoms with Crippen LogP contribution >= 0.6 is 0 Å². The van der Waals surface area contributed by atoms with Crippen LogP contribution in [-0.2, 0) is 14.9 Å². The van der Waals surface area contributed by atoms with Gasteiger partial charge < -0.3 is 10.1 Å². The molecule has 102 valence electrons. The Labute approximate surface area is 103 Å². The lowest BCUT2D eigenvalue weighted by molar-refractivity contribution is 0.121. The predicted octanol–water partition coefficient (Wildman–Crippen LogP) is -0.0929. The maximum atomic E-state index is 11.6. The van der Waals surface area contributed by atoms with Gasteiger partial charge in [-0.3, -0.25) is 0 Å². The summed E-state index contributed by atoms with van der Waals surface area (Å²) in [6.07, 6.45) is -0.659. The van der Waals surface area contributed by atoms with Crippen LogP contribution in [0.1, 0.15) is 20.3 Å². The summed E-state index contributed by atoms with van der Waals surface area (Å²) in [6.45, 7) is 4.31. The van der Waals surface area contributed by atoms with E-state index in [9.17, 15) is 13.2 Å². The topological polar surface area (TPSA) is 87.7 Å². The van der Waals surface area contributed by atoms with Crippen LogP contribution in [0.2, 0.25) is 0 Å². The van der Waals surface area contributed by atoms with E-state index in [1.54, 1.807) is 20.9 Å². The van der Waals surface area contributed by atoms with Crippen molar-refractivity contribution in [2.75, 3.05) is 27.2 Å². The summed E-state index contributed by atoms with van der Waals surface area (Å²) in [4.78, 5) is 11.2. The van der Waals surface area contributed by atoms with Crippen LogP contribution in [0, 0.1) is 0 Å². The fourth-order valence-corrected chi connectivity index (χ4v) is 1.80.